The SMILES string of the molecule is O=C(NC[C@H](NS(=O)(=O)c1ccccc1)C(=O)O)c1ccc(N2CCC(NC3=NCCCN3)CC2)c(F)c1F. The third-order valence-electron chi connectivity index (χ3n) is 6.50. The lowest BCUT2D eigenvalue weighted by Gasteiger charge is -2.35. The Hall–Kier alpha value is -3.78. The minimum absolute atomic E-state index is 0.0228. The number of carbonyl (C=O) groups is 2. The van der Waals surface area contributed by atoms with Crippen LogP contribution in [0.3, 0.4) is 0 Å². The van der Waals surface area contributed by atoms with Crippen LogP contribution in [-0.2, 0) is 14.8 Å². The normalized spacial score (nSPS) is 17.1. The van der Waals surface area contributed by atoms with Crippen LogP contribution in [0.1, 0.15) is 29.6 Å². The van der Waals surface area contributed by atoms with Crippen LogP contribution in [0.15, 0.2) is 52.4 Å². The molecular weight excluding hydrogens is 534 g/mol. The summed E-state index contributed by atoms with van der Waals surface area (Å²) in [6.45, 7) is 1.86. The van der Waals surface area contributed by atoms with E-state index in [0.717, 1.165) is 31.5 Å². The molecule has 2 aromatic rings. The molecule has 2 heterocycles. The molecule has 5 N–H and O–H groups in total. The quantitative estimate of drug-likeness (QED) is 0.303. The summed E-state index contributed by atoms with van der Waals surface area (Å²) in [5.41, 5.74) is -0.598. The van der Waals surface area contributed by atoms with Gasteiger partial charge in [-0.2, -0.15) is 4.72 Å². The van der Waals surface area contributed by atoms with Gasteiger partial charge in [0.1, 0.15) is 6.04 Å². The second-order valence-corrected chi connectivity index (χ2v) is 10.9. The molecule has 0 spiro atoms. The Kier molecular flexibility index (Phi) is 8.97. The maximum atomic E-state index is 15.0. The Balaban J connectivity index is 1.36. The number of piperidine rings is 1. The van der Waals surface area contributed by atoms with Gasteiger partial charge in [-0.05, 0) is 43.5 Å². The number of guanidine groups is 1. The number of sulfonamides is 1. The minimum Gasteiger partial charge on any atom is -0.480 e. The summed E-state index contributed by atoms with van der Waals surface area (Å²) in [5, 5.41) is 18.1. The fraction of sp³-hybridized carbons (Fsp3) is 0.400. The molecule has 0 saturated carbocycles. The minimum atomic E-state index is -4.20. The van der Waals surface area contributed by atoms with Gasteiger partial charge in [-0.25, -0.2) is 17.2 Å². The van der Waals surface area contributed by atoms with Crippen molar-refractivity contribution in [2.45, 2.75) is 36.2 Å². The highest BCUT2D eigenvalue weighted by molar-refractivity contribution is 7.89. The lowest BCUT2D eigenvalue weighted by molar-refractivity contribution is -0.138. The van der Waals surface area contributed by atoms with Crippen molar-refractivity contribution in [3.05, 3.63) is 59.7 Å². The van der Waals surface area contributed by atoms with Crippen LogP contribution in [0.2, 0.25) is 0 Å². The molecule has 0 radical (unpaired) electrons. The van der Waals surface area contributed by atoms with Gasteiger partial charge in [-0.1, -0.05) is 18.2 Å². The Morgan fingerprint density at radius 3 is 2.46 bits per heavy atom. The zero-order valence-electron chi connectivity index (χ0n) is 21.0. The number of benzene rings is 2. The standard InChI is InChI=1S/C25H30F2N6O5S/c26-21-18(23(34)30-15-19(24(35)36)32-39(37,38)17-5-2-1-3-6-17)7-8-20(22(21)27)33-13-9-16(10-14-33)31-25-28-11-4-12-29-25/h1-3,5-8,16,19,32H,4,9-15H2,(H,30,34)(H,35,36)(H2,28,29,31)/t19-/m0/s1. The number of nitrogens with one attached hydrogen (secondary N) is 4. The second kappa shape index (κ2) is 12.4. The Morgan fingerprint density at radius 2 is 1.82 bits per heavy atom. The molecule has 11 nitrogen and oxygen atoms in total. The van der Waals surface area contributed by atoms with Crippen molar-refractivity contribution < 1.29 is 31.9 Å². The van der Waals surface area contributed by atoms with Crippen molar-refractivity contribution in [3.8, 4) is 0 Å². The zero-order chi connectivity index (χ0) is 28.0. The smallest absolute Gasteiger partial charge is 0.323 e. The first-order valence-corrected chi connectivity index (χ1v) is 14.0. The Labute approximate surface area is 224 Å². The highest BCUT2D eigenvalue weighted by Crippen LogP contribution is 2.27. The molecule has 1 fully saturated rings. The number of anilines is 1. The lowest BCUT2D eigenvalue weighted by atomic mass is 10.0. The van der Waals surface area contributed by atoms with E-state index in [4.69, 9.17) is 0 Å². The van der Waals surface area contributed by atoms with Crippen LogP contribution < -0.4 is 25.6 Å². The number of carboxylic acids is 1. The van der Waals surface area contributed by atoms with Gasteiger partial charge in [-0.15, -0.1) is 0 Å². The number of aliphatic imine (C=N–C) groups is 1. The van der Waals surface area contributed by atoms with Gasteiger partial charge in [0.25, 0.3) is 5.91 Å². The van der Waals surface area contributed by atoms with Crippen LogP contribution in [0.5, 0.6) is 0 Å². The van der Waals surface area contributed by atoms with E-state index < -0.39 is 51.7 Å². The third kappa shape index (κ3) is 7.00. The van der Waals surface area contributed by atoms with E-state index in [9.17, 15) is 31.9 Å². The monoisotopic (exact) mass is 564 g/mol. The van der Waals surface area contributed by atoms with E-state index in [1.165, 1.54) is 30.3 Å². The van der Waals surface area contributed by atoms with Crippen molar-refractivity contribution in [1.82, 2.24) is 20.7 Å². The molecule has 2 aliphatic heterocycles. The van der Waals surface area contributed by atoms with Crippen molar-refractivity contribution >= 4 is 33.5 Å². The molecule has 1 amide bonds. The van der Waals surface area contributed by atoms with E-state index in [-0.39, 0.29) is 16.6 Å². The number of halogens is 2. The zero-order valence-corrected chi connectivity index (χ0v) is 21.8. The summed E-state index contributed by atoms with van der Waals surface area (Å²) in [6, 6.07) is 7.92. The van der Waals surface area contributed by atoms with Crippen LogP contribution in [0.4, 0.5) is 14.5 Å². The molecule has 0 bridgehead atoms. The Bertz CT molecular complexity index is 1330. The first-order chi connectivity index (χ1) is 18.7. The fourth-order valence-corrected chi connectivity index (χ4v) is 5.58. The number of hydrogen-bond donors (Lipinski definition) is 5. The number of aliphatic carboxylic acids is 1. The summed E-state index contributed by atoms with van der Waals surface area (Å²) in [7, 11) is -4.20. The third-order valence-corrected chi connectivity index (χ3v) is 7.98. The van der Waals surface area contributed by atoms with Crippen LogP contribution in [0.25, 0.3) is 0 Å². The number of carboxylic acid groups (broad SMARTS) is 1. The molecule has 39 heavy (non-hydrogen) atoms. The van der Waals surface area contributed by atoms with E-state index in [0.29, 0.717) is 25.9 Å². The highest BCUT2D eigenvalue weighted by atomic mass is 32.2. The highest BCUT2D eigenvalue weighted by Gasteiger charge is 2.28. The van der Waals surface area contributed by atoms with E-state index >= 15 is 0 Å². The molecule has 210 valence electrons. The molecular formula is C25H30F2N6O5S. The average molecular weight is 565 g/mol. The number of amides is 1. The summed E-state index contributed by atoms with van der Waals surface area (Å²) in [4.78, 5) is 30.1. The van der Waals surface area contributed by atoms with Crippen LogP contribution in [-0.4, -0.2) is 76.2 Å². The average Bonchev–Trinajstić information content (AvgIpc) is 2.94. The van der Waals surface area contributed by atoms with Gasteiger partial charge < -0.3 is 26.0 Å². The largest absolute Gasteiger partial charge is 0.480 e. The van der Waals surface area contributed by atoms with Crippen molar-refractivity contribution in [3.63, 3.8) is 0 Å². The molecule has 0 unspecified atom stereocenters. The number of carbonyl (C=O) groups excluding carboxylic acids is 1. The molecule has 1 atom stereocenters. The van der Waals surface area contributed by atoms with Gasteiger partial charge in [-0.3, -0.25) is 14.6 Å². The van der Waals surface area contributed by atoms with Gasteiger partial charge in [0.2, 0.25) is 10.0 Å². The second-order valence-electron chi connectivity index (χ2n) is 9.21. The van der Waals surface area contributed by atoms with Crippen LogP contribution in [0, 0.1) is 11.6 Å². The number of nitrogens with zero attached hydrogens (tertiary/aromatic N) is 2. The van der Waals surface area contributed by atoms with Gasteiger partial charge in [0.05, 0.1) is 16.1 Å². The molecule has 1 saturated heterocycles. The van der Waals surface area contributed by atoms with Crippen LogP contribution >= 0.6 is 0 Å². The number of hydrogen-bond acceptors (Lipinski definition) is 8. The molecule has 14 heteroatoms. The molecule has 0 aliphatic carbocycles. The van der Waals surface area contributed by atoms with Crippen molar-refractivity contribution in [2.75, 3.05) is 37.6 Å². The maximum Gasteiger partial charge on any atom is 0.323 e. The molecule has 2 aromatic carbocycles. The Morgan fingerprint density at radius 1 is 1.10 bits per heavy atom. The van der Waals surface area contributed by atoms with E-state index in [1.807, 2.05) is 4.72 Å². The van der Waals surface area contributed by atoms with E-state index in [2.05, 4.69) is 20.9 Å². The number of rotatable bonds is 9. The predicted molar refractivity (Wildman–Crippen MR) is 140 cm³/mol. The first kappa shape index (κ1) is 28.2. The summed E-state index contributed by atoms with van der Waals surface area (Å²) in [6.07, 6.45) is 2.34. The predicted octanol–water partition coefficient (Wildman–Crippen LogP) is 1.03. The van der Waals surface area contributed by atoms with Gasteiger partial charge in [0, 0.05) is 38.8 Å². The summed E-state index contributed by atoms with van der Waals surface area (Å²) < 4.78 is 56.8. The summed E-state index contributed by atoms with van der Waals surface area (Å²) >= 11 is 0. The van der Waals surface area contributed by atoms with E-state index in [1.54, 1.807) is 11.0 Å². The van der Waals surface area contributed by atoms with Gasteiger partial charge in [0.15, 0.2) is 17.6 Å². The molecule has 0 aromatic heterocycles. The van der Waals surface area contributed by atoms with Crippen molar-refractivity contribution in [2.24, 2.45) is 4.99 Å². The van der Waals surface area contributed by atoms with Gasteiger partial charge >= 0.3 is 5.97 Å². The lowest BCUT2D eigenvalue weighted by Crippen LogP contribution is -2.50. The molecule has 2 aliphatic rings. The fourth-order valence-electron chi connectivity index (χ4n) is 4.37. The summed E-state index contributed by atoms with van der Waals surface area (Å²) in [5.74, 6) is -4.44. The maximum absolute atomic E-state index is 15.0. The molecule has 4 rings (SSSR count). The first-order valence-electron chi connectivity index (χ1n) is 12.5. The van der Waals surface area contributed by atoms with Crippen molar-refractivity contribution in [1.29, 1.82) is 0 Å². The topological polar surface area (TPSA) is 152 Å².